The van der Waals surface area contributed by atoms with Crippen molar-refractivity contribution < 1.29 is 4.79 Å². The van der Waals surface area contributed by atoms with Gasteiger partial charge >= 0.3 is 0 Å². The van der Waals surface area contributed by atoms with Gasteiger partial charge in [0.2, 0.25) is 5.91 Å². The van der Waals surface area contributed by atoms with Gasteiger partial charge in [-0.3, -0.25) is 9.69 Å². The monoisotopic (exact) mass is 311 g/mol. The first-order valence-electron chi connectivity index (χ1n) is 8.53. The topological polar surface area (TPSA) is 68.8 Å². The molecule has 1 saturated heterocycles. The van der Waals surface area contributed by atoms with Crippen molar-refractivity contribution in [2.75, 3.05) is 39.3 Å². The number of rotatable bonds is 7. The van der Waals surface area contributed by atoms with Crippen LogP contribution in [0.1, 0.15) is 47.0 Å². The van der Waals surface area contributed by atoms with E-state index < -0.39 is 0 Å². The normalized spacial score (nSPS) is 17.2. The fraction of sp³-hybridized carbons (Fsp3) is 0.875. The third-order valence-electron chi connectivity index (χ3n) is 4.00. The molecule has 6 nitrogen and oxygen atoms in total. The number of likely N-dealkylation sites (tertiary alicyclic amines) is 1. The second-order valence-corrected chi connectivity index (χ2v) is 6.36. The van der Waals surface area contributed by atoms with Crippen LogP contribution in [0.25, 0.3) is 0 Å². The Bertz CT molecular complexity index is 362. The second kappa shape index (κ2) is 9.66. The number of likely N-dealkylation sites (N-methyl/N-ethyl adjacent to an activating group) is 1. The smallest absolute Gasteiger partial charge is 0.241 e. The van der Waals surface area contributed by atoms with Gasteiger partial charge in [0, 0.05) is 25.2 Å². The molecule has 0 radical (unpaired) electrons. The van der Waals surface area contributed by atoms with Crippen molar-refractivity contribution in [1.82, 2.24) is 20.9 Å². The Balaban J connectivity index is 2.51. The number of carbonyl (C=O) groups is 1. The quantitative estimate of drug-likeness (QED) is 0.483. The minimum absolute atomic E-state index is 0.0463. The molecular formula is C16H33N5O. The molecule has 1 aliphatic heterocycles. The van der Waals surface area contributed by atoms with Crippen LogP contribution in [0.15, 0.2) is 4.99 Å². The summed E-state index contributed by atoms with van der Waals surface area (Å²) in [5.74, 6) is 0.661. The summed E-state index contributed by atoms with van der Waals surface area (Å²) >= 11 is 0. The lowest BCUT2D eigenvalue weighted by atomic mass is 9.98. The Morgan fingerprint density at radius 3 is 2.27 bits per heavy atom. The number of piperidine rings is 1. The van der Waals surface area contributed by atoms with Crippen molar-refractivity contribution in [3.05, 3.63) is 0 Å². The minimum atomic E-state index is -0.0463. The van der Waals surface area contributed by atoms with Crippen LogP contribution in [-0.2, 0) is 4.79 Å². The van der Waals surface area contributed by atoms with E-state index >= 15 is 0 Å². The molecule has 0 aliphatic carbocycles. The summed E-state index contributed by atoms with van der Waals surface area (Å²) in [5.41, 5.74) is 0.0856. The molecule has 1 rings (SSSR count). The molecule has 128 valence electrons. The Labute approximate surface area is 135 Å². The van der Waals surface area contributed by atoms with Crippen LogP contribution in [0.2, 0.25) is 0 Å². The number of hydrogen-bond donors (Lipinski definition) is 3. The number of carbonyl (C=O) groups excluding carboxylic acids is 1. The summed E-state index contributed by atoms with van der Waals surface area (Å²) < 4.78 is 0. The van der Waals surface area contributed by atoms with Gasteiger partial charge in [-0.15, -0.1) is 0 Å². The Kier molecular flexibility index (Phi) is 8.24. The van der Waals surface area contributed by atoms with Gasteiger partial charge < -0.3 is 16.0 Å². The Morgan fingerprint density at radius 2 is 1.68 bits per heavy atom. The van der Waals surface area contributed by atoms with Gasteiger partial charge in [0.1, 0.15) is 6.54 Å². The van der Waals surface area contributed by atoms with Crippen LogP contribution in [0.3, 0.4) is 0 Å². The van der Waals surface area contributed by atoms with E-state index in [0.717, 1.165) is 13.1 Å². The summed E-state index contributed by atoms with van der Waals surface area (Å²) in [7, 11) is 0. The van der Waals surface area contributed by atoms with E-state index in [9.17, 15) is 4.79 Å². The summed E-state index contributed by atoms with van der Waals surface area (Å²) in [4.78, 5) is 18.4. The summed E-state index contributed by atoms with van der Waals surface area (Å²) in [6, 6.07) is 0. The molecule has 0 aromatic heterocycles. The zero-order chi connectivity index (χ0) is 16.4. The van der Waals surface area contributed by atoms with Crippen LogP contribution < -0.4 is 16.0 Å². The van der Waals surface area contributed by atoms with Crippen LogP contribution >= 0.6 is 0 Å². The molecule has 6 heteroatoms. The van der Waals surface area contributed by atoms with Gasteiger partial charge in [-0.25, -0.2) is 4.99 Å². The summed E-state index contributed by atoms with van der Waals surface area (Å²) in [6.45, 7) is 13.2. The average Bonchev–Trinajstić information content (AvgIpc) is 2.51. The number of hydrogen-bond acceptors (Lipinski definition) is 3. The highest BCUT2D eigenvalue weighted by Crippen LogP contribution is 2.19. The molecule has 0 aromatic carbocycles. The first-order valence-corrected chi connectivity index (χ1v) is 8.53. The molecule has 0 aromatic rings. The molecule has 1 heterocycles. The van der Waals surface area contributed by atoms with Crippen LogP contribution in [0, 0.1) is 0 Å². The lowest BCUT2D eigenvalue weighted by molar-refractivity contribution is -0.119. The van der Waals surface area contributed by atoms with Crippen molar-refractivity contribution >= 4 is 11.9 Å². The van der Waals surface area contributed by atoms with Crippen molar-refractivity contribution in [1.29, 1.82) is 0 Å². The fourth-order valence-electron chi connectivity index (χ4n) is 2.66. The molecule has 1 aliphatic rings. The van der Waals surface area contributed by atoms with E-state index in [4.69, 9.17) is 0 Å². The van der Waals surface area contributed by atoms with Gasteiger partial charge in [-0.05, 0) is 53.6 Å². The Hall–Kier alpha value is -1.30. The second-order valence-electron chi connectivity index (χ2n) is 6.36. The lowest BCUT2D eigenvalue weighted by Gasteiger charge is -2.41. The predicted octanol–water partition coefficient (Wildman–Crippen LogP) is 0.942. The zero-order valence-corrected chi connectivity index (χ0v) is 14.7. The van der Waals surface area contributed by atoms with E-state index in [-0.39, 0.29) is 18.0 Å². The van der Waals surface area contributed by atoms with Crippen molar-refractivity contribution in [2.24, 2.45) is 4.99 Å². The zero-order valence-electron chi connectivity index (χ0n) is 14.7. The molecule has 1 amide bonds. The highest BCUT2D eigenvalue weighted by Gasteiger charge is 2.27. The molecule has 0 atom stereocenters. The predicted molar refractivity (Wildman–Crippen MR) is 92.2 cm³/mol. The minimum Gasteiger partial charge on any atom is -0.357 e. The number of aliphatic imine (C=N–C) groups is 1. The lowest BCUT2D eigenvalue weighted by Crippen LogP contribution is -2.55. The molecule has 0 bridgehead atoms. The number of guanidine groups is 1. The molecule has 0 spiro atoms. The summed E-state index contributed by atoms with van der Waals surface area (Å²) in [6.07, 6.45) is 3.92. The molecule has 22 heavy (non-hydrogen) atoms. The SMILES string of the molecule is CCNC(=O)CN=C(NCC)NCC(C)(C)N1CCCCC1. The van der Waals surface area contributed by atoms with Crippen molar-refractivity contribution in [3.63, 3.8) is 0 Å². The van der Waals surface area contributed by atoms with Crippen molar-refractivity contribution in [3.8, 4) is 0 Å². The maximum absolute atomic E-state index is 11.5. The van der Waals surface area contributed by atoms with E-state index in [0.29, 0.717) is 12.5 Å². The molecule has 0 saturated carbocycles. The largest absolute Gasteiger partial charge is 0.357 e. The van der Waals surface area contributed by atoms with Crippen LogP contribution in [0.4, 0.5) is 0 Å². The fourth-order valence-corrected chi connectivity index (χ4v) is 2.66. The molecule has 3 N–H and O–H groups in total. The maximum atomic E-state index is 11.5. The van der Waals surface area contributed by atoms with Crippen molar-refractivity contribution in [2.45, 2.75) is 52.5 Å². The van der Waals surface area contributed by atoms with E-state index in [1.807, 2.05) is 13.8 Å². The van der Waals surface area contributed by atoms with Crippen LogP contribution in [0.5, 0.6) is 0 Å². The van der Waals surface area contributed by atoms with E-state index in [1.165, 1.54) is 32.4 Å². The van der Waals surface area contributed by atoms with Gasteiger partial charge in [0.25, 0.3) is 0 Å². The number of nitrogens with zero attached hydrogens (tertiary/aromatic N) is 2. The van der Waals surface area contributed by atoms with Gasteiger partial charge in [-0.1, -0.05) is 6.42 Å². The summed E-state index contributed by atoms with van der Waals surface area (Å²) in [5, 5.41) is 9.33. The third-order valence-corrected chi connectivity index (χ3v) is 4.00. The highest BCUT2D eigenvalue weighted by molar-refractivity contribution is 5.84. The molecular weight excluding hydrogens is 278 g/mol. The number of nitrogens with one attached hydrogen (secondary N) is 3. The van der Waals surface area contributed by atoms with Gasteiger partial charge in [0.05, 0.1) is 0 Å². The highest BCUT2D eigenvalue weighted by atomic mass is 16.1. The third kappa shape index (κ3) is 6.64. The van der Waals surface area contributed by atoms with Crippen LogP contribution in [-0.4, -0.2) is 61.6 Å². The molecule has 0 unspecified atom stereocenters. The van der Waals surface area contributed by atoms with Gasteiger partial charge in [-0.2, -0.15) is 0 Å². The van der Waals surface area contributed by atoms with Gasteiger partial charge in [0.15, 0.2) is 5.96 Å². The maximum Gasteiger partial charge on any atom is 0.241 e. The first-order chi connectivity index (χ1) is 10.5. The standard InChI is InChI=1S/C16H33N5O/c1-5-17-14(22)12-19-15(18-6-2)20-13-16(3,4)21-10-8-7-9-11-21/h5-13H2,1-4H3,(H,17,22)(H2,18,19,20). The first kappa shape index (κ1) is 18.7. The Morgan fingerprint density at radius 1 is 1.05 bits per heavy atom. The molecule has 1 fully saturated rings. The van der Waals surface area contributed by atoms with E-state index in [2.05, 4.69) is 39.7 Å². The van der Waals surface area contributed by atoms with E-state index in [1.54, 1.807) is 0 Å². The number of amides is 1. The average molecular weight is 311 g/mol.